The normalized spacial score (nSPS) is 24.2. The van der Waals surface area contributed by atoms with E-state index in [1.807, 2.05) is 0 Å². The van der Waals surface area contributed by atoms with Crippen LogP contribution < -0.4 is 5.32 Å². The van der Waals surface area contributed by atoms with Crippen LogP contribution in [0.15, 0.2) is 40.9 Å². The molecule has 0 unspecified atom stereocenters. The van der Waals surface area contributed by atoms with E-state index in [1.165, 1.54) is 12.1 Å². The van der Waals surface area contributed by atoms with E-state index in [1.54, 1.807) is 0 Å². The number of amides is 1. The molecule has 1 N–H and O–H groups in total. The Morgan fingerprint density at radius 2 is 1.96 bits per heavy atom. The van der Waals surface area contributed by atoms with E-state index in [2.05, 4.69) is 27.6 Å². The molecular weight excluding hydrogens is 347 g/mol. The molecule has 8 heteroatoms. The minimum absolute atomic E-state index is 0.0757. The van der Waals surface area contributed by atoms with Crippen molar-refractivity contribution in [1.29, 1.82) is 0 Å². The molecule has 4 rings (SSSR count). The first kappa shape index (κ1) is 16.8. The minimum atomic E-state index is -4.41. The van der Waals surface area contributed by atoms with Gasteiger partial charge in [-0.25, -0.2) is 0 Å². The fourth-order valence-corrected chi connectivity index (χ4v) is 3.67. The van der Waals surface area contributed by atoms with Crippen LogP contribution in [-0.2, 0) is 6.18 Å². The van der Waals surface area contributed by atoms with Crippen molar-refractivity contribution in [2.24, 2.45) is 17.8 Å². The lowest BCUT2D eigenvalue weighted by Gasteiger charge is -2.17. The number of hydrogen-bond acceptors (Lipinski definition) is 4. The van der Waals surface area contributed by atoms with E-state index in [4.69, 9.17) is 4.52 Å². The third kappa shape index (κ3) is 3.23. The van der Waals surface area contributed by atoms with Crippen LogP contribution in [0.5, 0.6) is 0 Å². The molecule has 0 aliphatic heterocycles. The second kappa shape index (κ2) is 6.26. The first-order chi connectivity index (χ1) is 12.4. The van der Waals surface area contributed by atoms with Crippen LogP contribution in [0.4, 0.5) is 13.2 Å². The van der Waals surface area contributed by atoms with E-state index < -0.39 is 17.6 Å². The van der Waals surface area contributed by atoms with E-state index >= 15 is 0 Å². The van der Waals surface area contributed by atoms with Crippen molar-refractivity contribution in [2.45, 2.75) is 19.0 Å². The van der Waals surface area contributed by atoms with Gasteiger partial charge in [-0.15, -0.1) is 0 Å². The average Bonchev–Trinajstić information content (AvgIpc) is 3.35. The van der Waals surface area contributed by atoms with Crippen LogP contribution in [0.25, 0.3) is 11.4 Å². The molecule has 0 spiro atoms. The lowest BCUT2D eigenvalue weighted by Crippen LogP contribution is -2.31. The van der Waals surface area contributed by atoms with Crippen molar-refractivity contribution < 1.29 is 22.5 Å². The molecule has 2 aliphatic carbocycles. The van der Waals surface area contributed by atoms with E-state index in [0.717, 1.165) is 25.0 Å². The van der Waals surface area contributed by atoms with Gasteiger partial charge in [-0.05, 0) is 42.7 Å². The average molecular weight is 363 g/mol. The van der Waals surface area contributed by atoms with Gasteiger partial charge in [0.1, 0.15) is 0 Å². The maximum atomic E-state index is 12.6. The van der Waals surface area contributed by atoms with Crippen molar-refractivity contribution in [3.05, 3.63) is 47.9 Å². The summed E-state index contributed by atoms with van der Waals surface area (Å²) in [4.78, 5) is 16.1. The highest BCUT2D eigenvalue weighted by atomic mass is 19.4. The summed E-state index contributed by atoms with van der Waals surface area (Å²) in [5.41, 5.74) is -0.415. The predicted molar refractivity (Wildman–Crippen MR) is 85.9 cm³/mol. The van der Waals surface area contributed by atoms with Crippen molar-refractivity contribution in [3.63, 3.8) is 0 Å². The molecule has 1 aromatic heterocycles. The van der Waals surface area contributed by atoms with Gasteiger partial charge in [0.2, 0.25) is 5.82 Å². The Bertz CT molecular complexity index is 842. The molecule has 1 amide bonds. The monoisotopic (exact) mass is 363 g/mol. The number of alkyl halides is 3. The van der Waals surface area contributed by atoms with Gasteiger partial charge in [0.25, 0.3) is 0 Å². The smallest absolute Gasteiger partial charge is 0.348 e. The lowest BCUT2D eigenvalue weighted by atomic mass is 9.94. The van der Waals surface area contributed by atoms with Crippen LogP contribution in [0.2, 0.25) is 0 Å². The Labute approximate surface area is 147 Å². The first-order valence-corrected chi connectivity index (χ1v) is 8.38. The minimum Gasteiger partial charge on any atom is -0.348 e. The van der Waals surface area contributed by atoms with Gasteiger partial charge in [-0.1, -0.05) is 29.4 Å². The van der Waals surface area contributed by atoms with Crippen LogP contribution >= 0.6 is 0 Å². The number of rotatable bonds is 4. The summed E-state index contributed by atoms with van der Waals surface area (Å²) in [5, 5.41) is 6.48. The number of aromatic nitrogens is 2. The number of nitrogens with one attached hydrogen (secondary N) is 1. The molecule has 136 valence electrons. The van der Waals surface area contributed by atoms with Crippen LogP contribution in [0.1, 0.15) is 29.1 Å². The Hall–Kier alpha value is -2.64. The number of carbonyl (C=O) groups is 1. The fraction of sp³-hybridized carbons (Fsp3) is 0.389. The molecule has 2 bridgehead atoms. The zero-order valence-electron chi connectivity index (χ0n) is 13.7. The zero-order chi connectivity index (χ0) is 18.3. The Morgan fingerprint density at radius 3 is 2.58 bits per heavy atom. The molecule has 1 fully saturated rings. The topological polar surface area (TPSA) is 68.0 Å². The van der Waals surface area contributed by atoms with Gasteiger partial charge >= 0.3 is 18.0 Å². The third-order valence-corrected chi connectivity index (χ3v) is 5.03. The number of hydrogen-bond donors (Lipinski definition) is 1. The molecule has 2 aliphatic rings. The summed E-state index contributed by atoms with van der Waals surface area (Å²) in [5.74, 6) is 0.973. The van der Waals surface area contributed by atoms with Gasteiger partial charge in [-0.3, -0.25) is 4.79 Å². The van der Waals surface area contributed by atoms with E-state index in [-0.39, 0.29) is 11.7 Å². The molecule has 5 nitrogen and oxygen atoms in total. The van der Waals surface area contributed by atoms with Gasteiger partial charge in [0.15, 0.2) is 0 Å². The molecule has 0 radical (unpaired) electrons. The second-order valence-electron chi connectivity index (χ2n) is 6.75. The van der Waals surface area contributed by atoms with Crippen LogP contribution in [0.3, 0.4) is 0 Å². The number of fused-ring (bicyclic) bond motifs is 2. The Morgan fingerprint density at radius 1 is 1.19 bits per heavy atom. The van der Waals surface area contributed by atoms with E-state index in [0.29, 0.717) is 29.9 Å². The molecule has 1 saturated carbocycles. The SMILES string of the molecule is O=C(NC[C@H]1C[C@@H]2C=C[C@H]1C2)c1nc(-c2ccc(C(F)(F)F)cc2)no1. The number of benzene rings is 1. The third-order valence-electron chi connectivity index (χ3n) is 5.03. The largest absolute Gasteiger partial charge is 0.416 e. The number of carbonyl (C=O) groups excluding carboxylic acids is 1. The lowest BCUT2D eigenvalue weighted by molar-refractivity contribution is -0.137. The van der Waals surface area contributed by atoms with E-state index in [9.17, 15) is 18.0 Å². The molecular formula is C18H16F3N3O2. The maximum absolute atomic E-state index is 12.6. The highest BCUT2D eigenvalue weighted by molar-refractivity contribution is 5.89. The van der Waals surface area contributed by atoms with Gasteiger partial charge in [0.05, 0.1) is 5.56 Å². The molecule has 2 aromatic rings. The van der Waals surface area contributed by atoms with Gasteiger partial charge in [0, 0.05) is 12.1 Å². The van der Waals surface area contributed by atoms with Crippen molar-refractivity contribution in [2.75, 3.05) is 6.54 Å². The number of halogens is 3. The standard InChI is InChI=1S/C18H16F3N3O2/c19-18(20,21)14-5-3-11(4-6-14)15-23-17(26-24-15)16(25)22-9-13-8-10-1-2-12(13)7-10/h1-6,10,12-13H,7-9H2,(H,22,25)/t10-,12+,13-/m1/s1. The highest BCUT2D eigenvalue weighted by Gasteiger charge is 2.35. The summed E-state index contributed by atoms with van der Waals surface area (Å²) in [7, 11) is 0. The Balaban J connectivity index is 1.39. The zero-order valence-corrected chi connectivity index (χ0v) is 13.7. The molecule has 3 atom stereocenters. The Kier molecular flexibility index (Phi) is 4.05. The van der Waals surface area contributed by atoms with Crippen molar-refractivity contribution in [3.8, 4) is 11.4 Å². The van der Waals surface area contributed by atoms with Crippen molar-refractivity contribution in [1.82, 2.24) is 15.5 Å². The second-order valence-corrected chi connectivity index (χ2v) is 6.75. The molecule has 0 saturated heterocycles. The molecule has 1 aromatic carbocycles. The van der Waals surface area contributed by atoms with Gasteiger partial charge in [-0.2, -0.15) is 18.2 Å². The number of allylic oxidation sites excluding steroid dienone is 2. The number of nitrogens with zero attached hydrogens (tertiary/aromatic N) is 2. The summed E-state index contributed by atoms with van der Waals surface area (Å²) in [6, 6.07) is 4.37. The molecule has 26 heavy (non-hydrogen) atoms. The van der Waals surface area contributed by atoms with Crippen molar-refractivity contribution >= 4 is 5.91 Å². The maximum Gasteiger partial charge on any atom is 0.416 e. The quantitative estimate of drug-likeness (QED) is 0.841. The summed E-state index contributed by atoms with van der Waals surface area (Å²) < 4.78 is 42.7. The summed E-state index contributed by atoms with van der Waals surface area (Å²) >= 11 is 0. The predicted octanol–water partition coefficient (Wildman–Crippen LogP) is 3.70. The molecule has 1 heterocycles. The summed E-state index contributed by atoms with van der Waals surface area (Å²) in [6.45, 7) is 0.544. The van der Waals surface area contributed by atoms with Crippen LogP contribution in [0, 0.1) is 17.8 Å². The first-order valence-electron chi connectivity index (χ1n) is 8.38. The summed E-state index contributed by atoms with van der Waals surface area (Å²) in [6.07, 6.45) is 2.26. The van der Waals surface area contributed by atoms with Crippen LogP contribution in [-0.4, -0.2) is 22.6 Å². The van der Waals surface area contributed by atoms with Gasteiger partial charge < -0.3 is 9.84 Å². The fourth-order valence-electron chi connectivity index (χ4n) is 3.67. The highest BCUT2D eigenvalue weighted by Crippen LogP contribution is 2.42.